The molecule has 0 bridgehead atoms. The number of fused-ring (bicyclic) bond motifs is 4. The summed E-state index contributed by atoms with van der Waals surface area (Å²) in [6.07, 6.45) is 1.52. The molecule has 2 amide bonds. The van der Waals surface area contributed by atoms with Gasteiger partial charge in [-0.2, -0.15) is 0 Å². The summed E-state index contributed by atoms with van der Waals surface area (Å²) in [7, 11) is 1.54. The first-order valence-electron chi connectivity index (χ1n) is 11.4. The van der Waals surface area contributed by atoms with Gasteiger partial charge in [0, 0.05) is 19.0 Å². The number of rotatable bonds is 6. The molecule has 2 aromatic rings. The van der Waals surface area contributed by atoms with E-state index in [1.54, 1.807) is 0 Å². The van der Waals surface area contributed by atoms with Crippen molar-refractivity contribution in [2.24, 2.45) is 11.3 Å². The van der Waals surface area contributed by atoms with Crippen molar-refractivity contribution in [3.63, 3.8) is 0 Å². The molecular formula is C26H28N2O5. The summed E-state index contributed by atoms with van der Waals surface area (Å²) in [4.78, 5) is 38.1. The lowest BCUT2D eigenvalue weighted by molar-refractivity contribution is -0.150. The van der Waals surface area contributed by atoms with E-state index in [9.17, 15) is 19.5 Å². The van der Waals surface area contributed by atoms with E-state index in [1.165, 1.54) is 30.0 Å². The Morgan fingerprint density at radius 1 is 1.09 bits per heavy atom. The molecule has 2 fully saturated rings. The van der Waals surface area contributed by atoms with E-state index in [1.807, 2.05) is 24.3 Å². The number of hydrogen-bond donors (Lipinski definition) is 2. The standard InChI is InChI=1S/C26H28N2O5/c1-15(23(29)30)28(2)24(31)26-12-16(26)11-17(13-26)27-25(32)33-14-22-20-9-5-3-7-18(20)19-8-4-6-10-21(19)22/h3-10,15-17,22H,11-14H2,1-2H3,(H,27,32)(H,29,30)/t15?,16-,17+,26+/m1/s1. The van der Waals surface area contributed by atoms with E-state index in [4.69, 9.17) is 4.74 Å². The van der Waals surface area contributed by atoms with Crippen molar-refractivity contribution >= 4 is 18.0 Å². The van der Waals surface area contributed by atoms with E-state index >= 15 is 0 Å². The fraction of sp³-hybridized carbons (Fsp3) is 0.423. The van der Waals surface area contributed by atoms with Crippen LogP contribution in [0.5, 0.6) is 0 Å². The molecule has 0 aromatic heterocycles. The highest BCUT2D eigenvalue weighted by atomic mass is 16.5. The van der Waals surface area contributed by atoms with E-state index in [0.29, 0.717) is 12.8 Å². The molecule has 2 N–H and O–H groups in total. The number of carboxylic acids is 1. The molecule has 3 aliphatic carbocycles. The van der Waals surface area contributed by atoms with Crippen LogP contribution in [0.15, 0.2) is 48.5 Å². The van der Waals surface area contributed by atoms with Gasteiger partial charge in [0.15, 0.2) is 0 Å². The molecule has 0 aliphatic heterocycles. The minimum atomic E-state index is -1.02. The molecule has 172 valence electrons. The highest BCUT2D eigenvalue weighted by Gasteiger charge is 2.66. The number of nitrogens with one attached hydrogen (secondary N) is 1. The van der Waals surface area contributed by atoms with Crippen LogP contribution in [-0.2, 0) is 14.3 Å². The Balaban J connectivity index is 1.19. The molecule has 3 aliphatic rings. The summed E-state index contributed by atoms with van der Waals surface area (Å²) in [6.45, 7) is 1.76. The lowest BCUT2D eigenvalue weighted by Crippen LogP contribution is -2.45. The number of aliphatic carboxylic acids is 1. The van der Waals surface area contributed by atoms with Crippen molar-refractivity contribution in [2.45, 2.75) is 44.2 Å². The van der Waals surface area contributed by atoms with Gasteiger partial charge in [0.2, 0.25) is 5.91 Å². The van der Waals surface area contributed by atoms with Gasteiger partial charge in [-0.25, -0.2) is 9.59 Å². The van der Waals surface area contributed by atoms with Crippen LogP contribution < -0.4 is 5.32 Å². The number of carbonyl (C=O) groups is 3. The van der Waals surface area contributed by atoms with Gasteiger partial charge in [0.25, 0.3) is 0 Å². The molecule has 4 atom stereocenters. The third-order valence-corrected chi connectivity index (χ3v) is 7.76. The molecule has 0 heterocycles. The van der Waals surface area contributed by atoms with Gasteiger partial charge in [-0.3, -0.25) is 4.79 Å². The molecule has 0 spiro atoms. The molecule has 7 heteroatoms. The SMILES string of the molecule is CC(C(=O)O)N(C)C(=O)[C@@]12C[C@@H](NC(=O)OCC3c4ccccc4-c4ccccc43)C[C@@H]1C2. The average molecular weight is 449 g/mol. The third-order valence-electron chi connectivity index (χ3n) is 7.76. The third kappa shape index (κ3) is 3.56. The fourth-order valence-electron chi connectivity index (χ4n) is 5.76. The second-order valence-corrected chi connectivity index (χ2v) is 9.59. The molecule has 7 nitrogen and oxygen atoms in total. The highest BCUT2D eigenvalue weighted by molar-refractivity contribution is 5.90. The fourth-order valence-corrected chi connectivity index (χ4v) is 5.76. The number of benzene rings is 2. The summed E-state index contributed by atoms with van der Waals surface area (Å²) >= 11 is 0. The van der Waals surface area contributed by atoms with Crippen LogP contribution in [0.1, 0.15) is 43.2 Å². The van der Waals surface area contributed by atoms with Crippen LogP contribution in [0, 0.1) is 11.3 Å². The lowest BCUT2D eigenvalue weighted by atomic mass is 9.98. The zero-order valence-electron chi connectivity index (χ0n) is 18.8. The summed E-state index contributed by atoms with van der Waals surface area (Å²) in [5.41, 5.74) is 4.14. The van der Waals surface area contributed by atoms with Gasteiger partial charge >= 0.3 is 12.1 Å². The predicted octanol–water partition coefficient (Wildman–Crippen LogP) is 3.63. The van der Waals surface area contributed by atoms with Gasteiger partial charge in [0.1, 0.15) is 12.6 Å². The van der Waals surface area contributed by atoms with E-state index in [2.05, 4.69) is 29.6 Å². The van der Waals surface area contributed by atoms with Crippen molar-refractivity contribution in [2.75, 3.05) is 13.7 Å². The molecule has 5 rings (SSSR count). The topological polar surface area (TPSA) is 95.9 Å². The molecule has 2 aromatic carbocycles. The summed E-state index contributed by atoms with van der Waals surface area (Å²) in [5.74, 6) is -0.975. The van der Waals surface area contributed by atoms with E-state index in [-0.39, 0.29) is 30.4 Å². The zero-order valence-corrected chi connectivity index (χ0v) is 18.8. The number of amides is 2. The first-order valence-corrected chi connectivity index (χ1v) is 11.4. The average Bonchev–Trinajstić information content (AvgIpc) is 3.24. The van der Waals surface area contributed by atoms with Crippen LogP contribution in [0.3, 0.4) is 0 Å². The summed E-state index contributed by atoms with van der Waals surface area (Å²) < 4.78 is 5.64. The van der Waals surface area contributed by atoms with E-state index in [0.717, 1.165) is 17.5 Å². The predicted molar refractivity (Wildman–Crippen MR) is 122 cm³/mol. The van der Waals surface area contributed by atoms with Crippen molar-refractivity contribution in [3.8, 4) is 11.1 Å². The molecule has 0 radical (unpaired) electrons. The Hall–Kier alpha value is -3.35. The Kier molecular flexibility index (Phi) is 5.15. The molecule has 1 unspecified atom stereocenters. The number of alkyl carbamates (subject to hydrolysis) is 1. The van der Waals surface area contributed by atoms with Crippen LogP contribution in [-0.4, -0.2) is 53.7 Å². The smallest absolute Gasteiger partial charge is 0.407 e. The van der Waals surface area contributed by atoms with Crippen molar-refractivity contribution in [3.05, 3.63) is 59.7 Å². The molecule has 33 heavy (non-hydrogen) atoms. The lowest BCUT2D eigenvalue weighted by Gasteiger charge is -2.26. The minimum absolute atomic E-state index is 0.000735. The Bertz CT molecular complexity index is 1090. The highest BCUT2D eigenvalue weighted by Crippen LogP contribution is 2.64. The number of nitrogens with zero attached hydrogens (tertiary/aromatic N) is 1. The minimum Gasteiger partial charge on any atom is -0.480 e. The number of carbonyl (C=O) groups excluding carboxylic acids is 2. The molecule has 0 saturated heterocycles. The zero-order chi connectivity index (χ0) is 23.3. The van der Waals surface area contributed by atoms with Crippen molar-refractivity contribution in [1.82, 2.24) is 10.2 Å². The van der Waals surface area contributed by atoms with E-state index < -0.39 is 23.5 Å². The monoisotopic (exact) mass is 448 g/mol. The number of hydrogen-bond acceptors (Lipinski definition) is 4. The maximum atomic E-state index is 12.9. The van der Waals surface area contributed by atoms with Crippen LogP contribution in [0.25, 0.3) is 11.1 Å². The van der Waals surface area contributed by atoms with Gasteiger partial charge in [-0.1, -0.05) is 48.5 Å². The Labute approximate surface area is 192 Å². The second-order valence-electron chi connectivity index (χ2n) is 9.59. The maximum Gasteiger partial charge on any atom is 0.407 e. The quantitative estimate of drug-likeness (QED) is 0.704. The second kappa shape index (κ2) is 7.90. The maximum absolute atomic E-state index is 12.9. The number of likely N-dealkylation sites (N-methyl/N-ethyl adjacent to an activating group) is 1. The van der Waals surface area contributed by atoms with Gasteiger partial charge < -0.3 is 20.1 Å². The van der Waals surface area contributed by atoms with Gasteiger partial charge in [0.05, 0.1) is 5.41 Å². The normalized spacial score (nSPS) is 25.4. The first-order chi connectivity index (χ1) is 15.8. The van der Waals surface area contributed by atoms with Gasteiger partial charge in [-0.05, 0) is 54.4 Å². The Morgan fingerprint density at radius 2 is 1.70 bits per heavy atom. The van der Waals surface area contributed by atoms with Gasteiger partial charge in [-0.15, -0.1) is 0 Å². The molecule has 2 saturated carbocycles. The number of ether oxygens (including phenoxy) is 1. The largest absolute Gasteiger partial charge is 0.480 e. The summed E-state index contributed by atoms with van der Waals surface area (Å²) in [6, 6.07) is 15.4. The van der Waals surface area contributed by atoms with Crippen LogP contribution >= 0.6 is 0 Å². The van der Waals surface area contributed by atoms with Crippen LogP contribution in [0.2, 0.25) is 0 Å². The summed E-state index contributed by atoms with van der Waals surface area (Å²) in [5, 5.41) is 12.2. The Morgan fingerprint density at radius 3 is 2.30 bits per heavy atom. The number of carboxylic acid groups (broad SMARTS) is 1. The van der Waals surface area contributed by atoms with Crippen molar-refractivity contribution in [1.29, 1.82) is 0 Å². The first kappa shape index (κ1) is 21.5. The van der Waals surface area contributed by atoms with Crippen LogP contribution in [0.4, 0.5) is 4.79 Å². The van der Waals surface area contributed by atoms with Crippen molar-refractivity contribution < 1.29 is 24.2 Å². The molecular weight excluding hydrogens is 420 g/mol.